The normalized spacial score (nSPS) is 23.6. The van der Waals surface area contributed by atoms with Gasteiger partial charge in [0.2, 0.25) is 10.0 Å². The van der Waals surface area contributed by atoms with Gasteiger partial charge >= 0.3 is 0 Å². The summed E-state index contributed by atoms with van der Waals surface area (Å²) < 4.78 is 31.3. The number of hydrogen-bond acceptors (Lipinski definition) is 5. The molecule has 19 heavy (non-hydrogen) atoms. The average Bonchev–Trinajstić information content (AvgIpc) is 2.74. The lowest BCUT2D eigenvalue weighted by atomic mass is 10.1. The summed E-state index contributed by atoms with van der Waals surface area (Å²) in [6.45, 7) is 0.582. The number of ether oxygens (including phenoxy) is 1. The summed E-state index contributed by atoms with van der Waals surface area (Å²) in [5, 5.41) is 9.99. The fraction of sp³-hybridized carbons (Fsp3) is 0.500. The number of hydrogen-bond donors (Lipinski definition) is 3. The molecule has 1 aliphatic rings. The van der Waals surface area contributed by atoms with Gasteiger partial charge in [-0.2, -0.15) is 0 Å². The number of nitrogens with two attached hydrogens (primary N) is 1. The summed E-state index contributed by atoms with van der Waals surface area (Å²) in [5.74, 6) is -0.158. The van der Waals surface area contributed by atoms with Crippen LogP contribution < -0.4 is 10.5 Å². The molecule has 2 rings (SSSR count). The van der Waals surface area contributed by atoms with Crippen LogP contribution in [0.5, 0.6) is 0 Å². The van der Waals surface area contributed by atoms with Crippen LogP contribution in [0.25, 0.3) is 0 Å². The first-order valence-electron chi connectivity index (χ1n) is 6.00. The Morgan fingerprint density at radius 3 is 2.89 bits per heavy atom. The van der Waals surface area contributed by atoms with E-state index in [0.29, 0.717) is 24.3 Å². The van der Waals surface area contributed by atoms with Crippen molar-refractivity contribution in [3.63, 3.8) is 0 Å². The lowest BCUT2D eigenvalue weighted by Gasteiger charge is -2.20. The summed E-state index contributed by atoms with van der Waals surface area (Å²) in [6.07, 6.45) is 0.438. The van der Waals surface area contributed by atoms with Gasteiger partial charge in [-0.05, 0) is 17.7 Å². The number of anilines is 1. The van der Waals surface area contributed by atoms with Crippen molar-refractivity contribution in [3.05, 3.63) is 29.8 Å². The zero-order valence-electron chi connectivity index (χ0n) is 10.5. The monoisotopic (exact) mass is 286 g/mol. The highest BCUT2D eigenvalue weighted by Gasteiger charge is 2.33. The molecule has 1 unspecified atom stereocenters. The van der Waals surface area contributed by atoms with Crippen LogP contribution in [0.3, 0.4) is 0 Å². The van der Waals surface area contributed by atoms with Crippen LogP contribution in [0.1, 0.15) is 12.0 Å². The summed E-state index contributed by atoms with van der Waals surface area (Å²) in [6, 6.07) is 6.72. The molecular formula is C12H18N2O4S. The van der Waals surface area contributed by atoms with Crippen molar-refractivity contribution in [3.8, 4) is 0 Å². The van der Waals surface area contributed by atoms with Crippen LogP contribution in [-0.4, -0.2) is 38.9 Å². The Bertz CT molecular complexity index is 538. The van der Waals surface area contributed by atoms with E-state index in [4.69, 9.17) is 10.5 Å². The van der Waals surface area contributed by atoms with E-state index in [0.717, 1.165) is 0 Å². The molecule has 1 fully saturated rings. The van der Waals surface area contributed by atoms with E-state index in [2.05, 4.69) is 4.72 Å². The minimum Gasteiger partial charge on any atom is -0.399 e. The van der Waals surface area contributed by atoms with Gasteiger partial charge in [-0.15, -0.1) is 0 Å². The van der Waals surface area contributed by atoms with E-state index >= 15 is 0 Å². The van der Waals surface area contributed by atoms with Crippen molar-refractivity contribution >= 4 is 15.7 Å². The highest BCUT2D eigenvalue weighted by atomic mass is 32.2. The first-order chi connectivity index (χ1) is 8.89. The molecule has 1 atom stereocenters. The van der Waals surface area contributed by atoms with Crippen molar-refractivity contribution in [2.24, 2.45) is 0 Å². The Labute approximate surface area is 112 Å². The van der Waals surface area contributed by atoms with Gasteiger partial charge in [-0.25, -0.2) is 13.1 Å². The molecule has 1 saturated heterocycles. The van der Waals surface area contributed by atoms with Gasteiger partial charge < -0.3 is 15.6 Å². The average molecular weight is 286 g/mol. The van der Waals surface area contributed by atoms with Crippen molar-refractivity contribution in [2.75, 3.05) is 25.5 Å². The highest BCUT2D eigenvalue weighted by molar-refractivity contribution is 7.88. The highest BCUT2D eigenvalue weighted by Crippen LogP contribution is 2.18. The number of nitrogen functional groups attached to an aromatic ring is 1. The van der Waals surface area contributed by atoms with E-state index < -0.39 is 15.6 Å². The topological polar surface area (TPSA) is 102 Å². The fourth-order valence-electron chi connectivity index (χ4n) is 1.93. The molecule has 0 aromatic heterocycles. The van der Waals surface area contributed by atoms with Crippen molar-refractivity contribution in [2.45, 2.75) is 17.8 Å². The molecule has 1 heterocycles. The first kappa shape index (κ1) is 14.3. The molecule has 0 amide bonds. The minimum absolute atomic E-state index is 0.0301. The number of sulfonamides is 1. The van der Waals surface area contributed by atoms with Crippen molar-refractivity contribution in [1.82, 2.24) is 4.72 Å². The molecular weight excluding hydrogens is 268 g/mol. The summed E-state index contributed by atoms with van der Waals surface area (Å²) in [7, 11) is -3.50. The molecule has 0 radical (unpaired) electrons. The summed E-state index contributed by atoms with van der Waals surface area (Å²) in [5.41, 5.74) is 5.64. The third-order valence-corrected chi connectivity index (χ3v) is 4.31. The van der Waals surface area contributed by atoms with E-state index in [1.807, 2.05) is 0 Å². The molecule has 0 aliphatic carbocycles. The van der Waals surface area contributed by atoms with Crippen LogP contribution in [0, 0.1) is 0 Å². The molecule has 106 valence electrons. The first-order valence-corrected chi connectivity index (χ1v) is 7.66. The van der Waals surface area contributed by atoms with Gasteiger partial charge in [0.25, 0.3) is 0 Å². The molecule has 1 aromatic rings. The van der Waals surface area contributed by atoms with Crippen molar-refractivity contribution in [1.29, 1.82) is 0 Å². The predicted molar refractivity (Wildman–Crippen MR) is 71.9 cm³/mol. The number of nitrogens with one attached hydrogen (secondary N) is 1. The van der Waals surface area contributed by atoms with Gasteiger partial charge in [0, 0.05) is 25.3 Å². The van der Waals surface area contributed by atoms with E-state index in [1.54, 1.807) is 24.3 Å². The SMILES string of the molecule is Nc1cccc(CS(=O)(=O)NCC2(O)CCOC2)c1. The largest absolute Gasteiger partial charge is 0.399 e. The Hall–Kier alpha value is -1.15. The van der Waals surface area contributed by atoms with Crippen LogP contribution in [-0.2, 0) is 20.5 Å². The maximum atomic E-state index is 11.9. The molecule has 0 saturated carbocycles. The Kier molecular flexibility index (Phi) is 4.10. The van der Waals surface area contributed by atoms with E-state index in [9.17, 15) is 13.5 Å². The second kappa shape index (κ2) is 5.46. The second-order valence-electron chi connectivity index (χ2n) is 4.85. The fourth-order valence-corrected chi connectivity index (χ4v) is 3.14. The second-order valence-corrected chi connectivity index (χ2v) is 6.66. The Morgan fingerprint density at radius 1 is 1.47 bits per heavy atom. The van der Waals surface area contributed by atoms with Crippen LogP contribution in [0.15, 0.2) is 24.3 Å². The van der Waals surface area contributed by atoms with Gasteiger partial charge in [-0.3, -0.25) is 0 Å². The lowest BCUT2D eigenvalue weighted by Crippen LogP contribution is -2.43. The number of rotatable bonds is 5. The summed E-state index contributed by atoms with van der Waals surface area (Å²) >= 11 is 0. The summed E-state index contributed by atoms with van der Waals surface area (Å²) in [4.78, 5) is 0. The molecule has 1 aliphatic heterocycles. The lowest BCUT2D eigenvalue weighted by molar-refractivity contribution is 0.0314. The van der Waals surface area contributed by atoms with Gasteiger partial charge in [0.15, 0.2) is 0 Å². The third-order valence-electron chi connectivity index (χ3n) is 3.01. The predicted octanol–water partition coefficient (Wildman–Crippen LogP) is -0.160. The van der Waals surface area contributed by atoms with Crippen LogP contribution in [0.4, 0.5) is 5.69 Å². The van der Waals surface area contributed by atoms with Crippen LogP contribution >= 0.6 is 0 Å². The zero-order valence-corrected chi connectivity index (χ0v) is 11.3. The molecule has 0 bridgehead atoms. The minimum atomic E-state index is -3.50. The number of aliphatic hydroxyl groups is 1. The van der Waals surface area contributed by atoms with E-state index in [1.165, 1.54) is 0 Å². The van der Waals surface area contributed by atoms with Gasteiger partial charge in [0.05, 0.1) is 12.4 Å². The third kappa shape index (κ3) is 4.17. The molecule has 7 heteroatoms. The Balaban J connectivity index is 1.95. The standard InChI is InChI=1S/C12H18N2O4S/c13-11-3-1-2-10(6-11)7-19(16,17)14-8-12(15)4-5-18-9-12/h1-3,6,14-15H,4-5,7-9,13H2. The number of benzene rings is 1. The van der Waals surface area contributed by atoms with E-state index in [-0.39, 0.29) is 18.9 Å². The molecule has 1 aromatic carbocycles. The Morgan fingerprint density at radius 2 is 2.26 bits per heavy atom. The molecule has 4 N–H and O–H groups in total. The maximum absolute atomic E-state index is 11.9. The van der Waals surface area contributed by atoms with Crippen molar-refractivity contribution < 1.29 is 18.3 Å². The zero-order chi connectivity index (χ0) is 13.9. The van der Waals surface area contributed by atoms with Crippen LogP contribution in [0.2, 0.25) is 0 Å². The quantitative estimate of drug-likeness (QED) is 0.653. The van der Waals surface area contributed by atoms with Gasteiger partial charge in [-0.1, -0.05) is 12.1 Å². The molecule has 6 nitrogen and oxygen atoms in total. The molecule has 0 spiro atoms. The smallest absolute Gasteiger partial charge is 0.215 e. The maximum Gasteiger partial charge on any atom is 0.215 e. The van der Waals surface area contributed by atoms with Gasteiger partial charge in [0.1, 0.15) is 5.60 Å².